The molecule has 0 N–H and O–H groups in total. The Morgan fingerprint density at radius 1 is 1.24 bits per heavy atom. The van der Waals surface area contributed by atoms with Crippen molar-refractivity contribution in [2.24, 2.45) is 4.99 Å². The van der Waals surface area contributed by atoms with Crippen molar-refractivity contribution in [2.45, 2.75) is 18.4 Å². The van der Waals surface area contributed by atoms with Crippen molar-refractivity contribution in [3.05, 3.63) is 0 Å². The lowest BCUT2D eigenvalue weighted by atomic mass is 10.4. The predicted octanol–water partition coefficient (Wildman–Crippen LogP) is 0.555. The fourth-order valence-electron chi connectivity index (χ4n) is 1.61. The first kappa shape index (κ1) is 16.4. The lowest BCUT2D eigenvalue weighted by Gasteiger charge is -2.26. The van der Waals surface area contributed by atoms with Crippen molar-refractivity contribution in [1.82, 2.24) is 9.80 Å². The minimum Gasteiger partial charge on any atom is -0.360 e. The van der Waals surface area contributed by atoms with Crippen molar-refractivity contribution >= 4 is 15.5 Å². The summed E-state index contributed by atoms with van der Waals surface area (Å²) < 4.78 is 10.3. The number of hydrogen-bond acceptors (Lipinski definition) is 3. The summed E-state index contributed by atoms with van der Waals surface area (Å²) in [7, 11) is 11.9. The Balaban J connectivity index is 3.81. The highest BCUT2D eigenvalue weighted by Crippen LogP contribution is 2.00. The van der Waals surface area contributed by atoms with Crippen LogP contribution in [0.25, 0.3) is 0 Å². The smallest absolute Gasteiger partial charge is 0.195 e. The summed E-state index contributed by atoms with van der Waals surface area (Å²) in [5, 5.41) is 0. The van der Waals surface area contributed by atoms with Crippen LogP contribution in [0.5, 0.6) is 0 Å². The van der Waals surface area contributed by atoms with Crippen LogP contribution in [0.15, 0.2) is 4.99 Å². The second-order valence-electron chi connectivity index (χ2n) is 3.95. The van der Waals surface area contributed by atoms with E-state index in [0.29, 0.717) is 9.52 Å². The molecule has 0 heterocycles. The van der Waals surface area contributed by atoms with E-state index in [1.807, 2.05) is 26.0 Å². The standard InChI is InChI=1S/C11H25N3O2Si/c1-12-10(13(2)3)14(4)8-7-9-17-11(15-5)16-6/h11H,7-9H2,1-6H3. The molecule has 0 rings (SSSR count). The van der Waals surface area contributed by atoms with Crippen LogP contribution in [-0.4, -0.2) is 80.1 Å². The number of rotatable bonds is 7. The zero-order valence-electron chi connectivity index (χ0n) is 11.9. The van der Waals surface area contributed by atoms with Gasteiger partial charge in [-0.2, -0.15) is 0 Å². The van der Waals surface area contributed by atoms with E-state index >= 15 is 0 Å². The fourth-order valence-corrected chi connectivity index (χ4v) is 2.54. The van der Waals surface area contributed by atoms with Crippen LogP contribution in [0.3, 0.4) is 0 Å². The normalized spacial score (nSPS) is 12.1. The van der Waals surface area contributed by atoms with Crippen LogP contribution < -0.4 is 0 Å². The number of hydrogen-bond donors (Lipinski definition) is 0. The molecular formula is C11H25N3O2Si. The van der Waals surface area contributed by atoms with Gasteiger partial charge in [0.2, 0.25) is 0 Å². The highest BCUT2D eigenvalue weighted by Gasteiger charge is 2.09. The van der Waals surface area contributed by atoms with Crippen LogP contribution in [0.2, 0.25) is 6.04 Å². The summed E-state index contributed by atoms with van der Waals surface area (Å²) in [6, 6.07) is 1.11. The molecule has 0 aromatic heterocycles. The van der Waals surface area contributed by atoms with Gasteiger partial charge in [-0.3, -0.25) is 4.99 Å². The van der Waals surface area contributed by atoms with Gasteiger partial charge in [0, 0.05) is 49.0 Å². The van der Waals surface area contributed by atoms with E-state index in [2.05, 4.69) is 16.9 Å². The Labute approximate surface area is 108 Å². The highest BCUT2D eigenvalue weighted by molar-refractivity contribution is 6.36. The van der Waals surface area contributed by atoms with Gasteiger partial charge < -0.3 is 19.3 Å². The second kappa shape index (κ2) is 9.44. The van der Waals surface area contributed by atoms with Crippen molar-refractivity contribution in [3.8, 4) is 0 Å². The van der Waals surface area contributed by atoms with Gasteiger partial charge in [-0.05, 0) is 6.42 Å². The van der Waals surface area contributed by atoms with Gasteiger partial charge in [0.05, 0.1) is 0 Å². The number of ether oxygens (including phenoxy) is 2. The van der Waals surface area contributed by atoms with Gasteiger partial charge >= 0.3 is 0 Å². The third kappa shape index (κ3) is 6.65. The van der Waals surface area contributed by atoms with Crippen molar-refractivity contribution in [2.75, 3.05) is 49.0 Å². The molecule has 6 heteroatoms. The van der Waals surface area contributed by atoms with Crippen LogP contribution >= 0.6 is 0 Å². The number of methoxy groups -OCH3 is 2. The number of guanidine groups is 1. The molecule has 0 aliphatic rings. The van der Waals surface area contributed by atoms with Crippen LogP contribution in [-0.2, 0) is 9.47 Å². The number of aliphatic imine (C=N–C) groups is 1. The molecule has 100 valence electrons. The van der Waals surface area contributed by atoms with Crippen molar-refractivity contribution in [1.29, 1.82) is 0 Å². The maximum atomic E-state index is 5.16. The van der Waals surface area contributed by atoms with E-state index in [4.69, 9.17) is 9.47 Å². The molecule has 0 aromatic carbocycles. The van der Waals surface area contributed by atoms with Gasteiger partial charge in [0.15, 0.2) is 5.96 Å². The minimum absolute atomic E-state index is 0.0477. The van der Waals surface area contributed by atoms with Crippen LogP contribution in [0.1, 0.15) is 6.42 Å². The highest BCUT2D eigenvalue weighted by atomic mass is 28.2. The Hall–Kier alpha value is -0.593. The van der Waals surface area contributed by atoms with Gasteiger partial charge in [0.1, 0.15) is 15.4 Å². The second-order valence-corrected chi connectivity index (χ2v) is 5.33. The van der Waals surface area contributed by atoms with E-state index in [9.17, 15) is 0 Å². The summed E-state index contributed by atoms with van der Waals surface area (Å²) in [4.78, 5) is 8.44. The molecule has 0 aliphatic carbocycles. The molecule has 5 nitrogen and oxygen atoms in total. The van der Waals surface area contributed by atoms with E-state index < -0.39 is 0 Å². The zero-order valence-corrected chi connectivity index (χ0v) is 12.9. The molecule has 0 unspecified atom stereocenters. The van der Waals surface area contributed by atoms with Gasteiger partial charge in [0.25, 0.3) is 0 Å². The summed E-state index contributed by atoms with van der Waals surface area (Å²) in [5.41, 5.74) is 0. The average Bonchev–Trinajstić information content (AvgIpc) is 2.29. The molecule has 0 bridgehead atoms. The summed E-state index contributed by atoms with van der Waals surface area (Å²) in [5.74, 6) is 0.955. The van der Waals surface area contributed by atoms with Crippen LogP contribution in [0, 0.1) is 0 Å². The Bertz CT molecular complexity index is 221. The largest absolute Gasteiger partial charge is 0.360 e. The molecule has 0 aromatic rings. The molecule has 0 saturated heterocycles. The van der Waals surface area contributed by atoms with Gasteiger partial charge in [-0.1, -0.05) is 6.04 Å². The van der Waals surface area contributed by atoms with E-state index in [-0.39, 0.29) is 5.91 Å². The third-order valence-electron chi connectivity index (χ3n) is 2.35. The SMILES string of the molecule is CN=C(N(C)C)N(C)CCC[Si]C(OC)OC. The zero-order chi connectivity index (χ0) is 13.3. The molecule has 0 aliphatic heterocycles. The third-order valence-corrected chi connectivity index (χ3v) is 3.80. The maximum absolute atomic E-state index is 5.16. The molecule has 17 heavy (non-hydrogen) atoms. The molecule has 0 saturated carbocycles. The lowest BCUT2D eigenvalue weighted by molar-refractivity contribution is -0.0441. The Kier molecular flexibility index (Phi) is 9.11. The van der Waals surface area contributed by atoms with E-state index in [0.717, 1.165) is 25.0 Å². The van der Waals surface area contributed by atoms with Crippen LogP contribution in [0.4, 0.5) is 0 Å². The van der Waals surface area contributed by atoms with Gasteiger partial charge in [-0.25, -0.2) is 0 Å². The first-order chi connectivity index (χ1) is 8.06. The molecule has 0 spiro atoms. The lowest BCUT2D eigenvalue weighted by Crippen LogP contribution is -2.38. The van der Waals surface area contributed by atoms with Crippen molar-refractivity contribution < 1.29 is 9.47 Å². The minimum atomic E-state index is -0.0477. The molecule has 2 radical (unpaired) electrons. The van der Waals surface area contributed by atoms with E-state index in [1.54, 1.807) is 14.2 Å². The number of nitrogens with zero attached hydrogens (tertiary/aromatic N) is 3. The maximum Gasteiger partial charge on any atom is 0.195 e. The Morgan fingerprint density at radius 2 is 1.82 bits per heavy atom. The Morgan fingerprint density at radius 3 is 2.24 bits per heavy atom. The molecule has 0 amide bonds. The van der Waals surface area contributed by atoms with Gasteiger partial charge in [-0.15, -0.1) is 0 Å². The molecular weight excluding hydrogens is 234 g/mol. The summed E-state index contributed by atoms with van der Waals surface area (Å²) in [6.45, 7) is 0.998. The van der Waals surface area contributed by atoms with Crippen molar-refractivity contribution in [3.63, 3.8) is 0 Å². The first-order valence-electron chi connectivity index (χ1n) is 5.71. The predicted molar refractivity (Wildman–Crippen MR) is 72.7 cm³/mol. The molecule has 0 atom stereocenters. The summed E-state index contributed by atoms with van der Waals surface area (Å²) in [6.07, 6.45) is 1.12. The monoisotopic (exact) mass is 259 g/mol. The average molecular weight is 259 g/mol. The quantitative estimate of drug-likeness (QED) is 0.220. The topological polar surface area (TPSA) is 37.3 Å². The molecule has 0 fully saturated rings. The summed E-state index contributed by atoms with van der Waals surface area (Å²) >= 11 is 0. The fraction of sp³-hybridized carbons (Fsp3) is 0.909. The van der Waals surface area contributed by atoms with E-state index in [1.165, 1.54) is 0 Å². The first-order valence-corrected chi connectivity index (χ1v) is 6.99.